The van der Waals surface area contributed by atoms with Crippen LogP contribution >= 0.6 is 11.3 Å². The standard InChI is InChI=1S/C66H52BNO2S/c1-37(38-22-24-41(25-23-38)65(2,3)4)46-34-58-50(49-30-42(66(5,6)7)26-29-57(49)70-58)31-47(46)44-27-28-45-48-35-59-51(43-20-14-15-21-56(43)69-59)32-54(48)68-55-33-52-60(36-53(55)67-62(44)63(45)68)71-64(40-18-12-9-13-19-40)61(52)39-16-10-8-11-17-39/h8-37,67H,1-7H3. The Balaban J connectivity index is 1.08. The maximum absolute atomic E-state index is 6.81. The molecule has 342 valence electrons. The summed E-state index contributed by atoms with van der Waals surface area (Å²) < 4.78 is 17.3. The molecule has 0 N–H and O–H groups in total. The highest BCUT2D eigenvalue weighted by Crippen LogP contribution is 2.48. The monoisotopic (exact) mass is 933 g/mol. The zero-order valence-electron chi connectivity index (χ0n) is 41.2. The molecule has 0 amide bonds. The third-order valence-electron chi connectivity index (χ3n) is 15.7. The van der Waals surface area contributed by atoms with Crippen LogP contribution in [-0.2, 0) is 10.8 Å². The van der Waals surface area contributed by atoms with Crippen molar-refractivity contribution >= 4 is 105 Å². The lowest BCUT2D eigenvalue weighted by atomic mass is 9.58. The van der Waals surface area contributed by atoms with Gasteiger partial charge in [-0.05, 0) is 115 Å². The molecule has 0 saturated heterocycles. The first-order chi connectivity index (χ1) is 34.4. The van der Waals surface area contributed by atoms with Crippen molar-refractivity contribution in [1.82, 2.24) is 4.57 Å². The van der Waals surface area contributed by atoms with Crippen LogP contribution in [0.1, 0.15) is 76.6 Å². The maximum atomic E-state index is 6.81. The maximum Gasteiger partial charge on any atom is 0.198 e. The molecule has 1 unspecified atom stereocenters. The van der Waals surface area contributed by atoms with E-state index in [0.717, 1.165) is 51.2 Å². The molecular weight excluding hydrogens is 882 g/mol. The van der Waals surface area contributed by atoms with E-state index in [4.69, 9.17) is 8.83 Å². The van der Waals surface area contributed by atoms with Crippen molar-refractivity contribution in [3.05, 3.63) is 198 Å². The van der Waals surface area contributed by atoms with Crippen LogP contribution < -0.4 is 10.9 Å². The van der Waals surface area contributed by atoms with E-state index in [2.05, 4.69) is 229 Å². The summed E-state index contributed by atoms with van der Waals surface area (Å²) in [6.45, 7) is 16.1. The molecular formula is C66H52BNO2S. The lowest BCUT2D eigenvalue weighted by Crippen LogP contribution is -2.37. The van der Waals surface area contributed by atoms with Gasteiger partial charge in [-0.3, -0.25) is 0 Å². The van der Waals surface area contributed by atoms with Gasteiger partial charge in [-0.1, -0.05) is 175 Å². The van der Waals surface area contributed by atoms with E-state index in [0.29, 0.717) is 0 Å². The molecule has 0 aliphatic carbocycles. The predicted octanol–water partition coefficient (Wildman–Crippen LogP) is 17.2. The minimum Gasteiger partial charge on any atom is -0.456 e. The molecule has 1 atom stereocenters. The van der Waals surface area contributed by atoms with Crippen LogP contribution in [0.2, 0.25) is 0 Å². The summed E-state index contributed by atoms with van der Waals surface area (Å²) >= 11 is 1.91. The van der Waals surface area contributed by atoms with Crippen molar-refractivity contribution in [2.45, 2.75) is 65.2 Å². The molecule has 13 aromatic rings. The smallest absolute Gasteiger partial charge is 0.198 e. The van der Waals surface area contributed by atoms with Gasteiger partial charge in [-0.2, -0.15) is 0 Å². The molecule has 5 heteroatoms. The zero-order valence-corrected chi connectivity index (χ0v) is 42.0. The molecule has 1 aliphatic heterocycles. The number of benzene rings is 9. The fraction of sp³-hybridized carbons (Fsp3) is 0.152. The van der Waals surface area contributed by atoms with E-state index in [9.17, 15) is 0 Å². The first-order valence-corrected chi connectivity index (χ1v) is 25.9. The topological polar surface area (TPSA) is 31.2 Å². The Morgan fingerprint density at radius 3 is 1.89 bits per heavy atom. The van der Waals surface area contributed by atoms with Crippen molar-refractivity contribution in [2.24, 2.45) is 0 Å². The van der Waals surface area contributed by atoms with E-state index < -0.39 is 0 Å². The first kappa shape index (κ1) is 42.3. The second-order valence-electron chi connectivity index (χ2n) is 22.1. The molecule has 3 nitrogen and oxygen atoms in total. The first-order valence-electron chi connectivity index (χ1n) is 25.1. The van der Waals surface area contributed by atoms with Crippen LogP contribution in [0, 0.1) is 0 Å². The number of fused-ring (bicyclic) bond motifs is 12. The van der Waals surface area contributed by atoms with Crippen LogP contribution in [0.4, 0.5) is 0 Å². The van der Waals surface area contributed by atoms with Gasteiger partial charge < -0.3 is 13.4 Å². The van der Waals surface area contributed by atoms with Crippen LogP contribution in [0.15, 0.2) is 185 Å². The van der Waals surface area contributed by atoms with Gasteiger partial charge in [0, 0.05) is 70.0 Å². The fourth-order valence-electron chi connectivity index (χ4n) is 11.8. The Hall–Kier alpha value is -7.60. The second kappa shape index (κ2) is 15.2. The van der Waals surface area contributed by atoms with Gasteiger partial charge >= 0.3 is 0 Å². The summed E-state index contributed by atoms with van der Waals surface area (Å²) in [5.74, 6) is 0.0881. The summed E-state index contributed by atoms with van der Waals surface area (Å²) in [5.41, 5.74) is 21.6. The molecule has 5 heterocycles. The molecule has 9 aromatic carbocycles. The Morgan fingerprint density at radius 2 is 1.14 bits per heavy atom. The van der Waals surface area contributed by atoms with E-state index >= 15 is 0 Å². The summed E-state index contributed by atoms with van der Waals surface area (Å²) in [4.78, 5) is 1.30. The van der Waals surface area contributed by atoms with E-state index in [1.54, 1.807) is 0 Å². The molecule has 0 radical (unpaired) electrons. The van der Waals surface area contributed by atoms with Gasteiger partial charge in [-0.15, -0.1) is 11.3 Å². The minimum atomic E-state index is -0.00464. The van der Waals surface area contributed by atoms with Crippen molar-refractivity contribution in [3.8, 4) is 38.4 Å². The van der Waals surface area contributed by atoms with E-state index in [1.807, 2.05) is 11.3 Å². The van der Waals surface area contributed by atoms with Gasteiger partial charge in [0.25, 0.3) is 0 Å². The van der Waals surface area contributed by atoms with Crippen molar-refractivity contribution in [2.75, 3.05) is 0 Å². The molecule has 1 aliphatic rings. The predicted molar refractivity (Wildman–Crippen MR) is 305 cm³/mol. The van der Waals surface area contributed by atoms with Gasteiger partial charge in [0.05, 0.1) is 5.52 Å². The highest BCUT2D eigenvalue weighted by molar-refractivity contribution is 7.23. The number of nitrogens with zero attached hydrogens (tertiary/aromatic N) is 1. The van der Waals surface area contributed by atoms with Crippen molar-refractivity contribution in [1.29, 1.82) is 0 Å². The summed E-state index contributed by atoms with van der Waals surface area (Å²) in [6, 6.07) is 65.8. The fourth-order valence-corrected chi connectivity index (χ4v) is 13.1. The Morgan fingerprint density at radius 1 is 0.493 bits per heavy atom. The lowest BCUT2D eigenvalue weighted by Gasteiger charge is -2.25. The third-order valence-corrected chi connectivity index (χ3v) is 16.9. The summed E-state index contributed by atoms with van der Waals surface area (Å²) in [6.07, 6.45) is 0. The average molecular weight is 934 g/mol. The van der Waals surface area contributed by atoms with E-state index in [1.165, 1.54) is 103 Å². The minimum absolute atomic E-state index is 0.00464. The largest absolute Gasteiger partial charge is 0.456 e. The second-order valence-corrected chi connectivity index (χ2v) is 23.1. The van der Waals surface area contributed by atoms with Crippen molar-refractivity contribution < 1.29 is 8.83 Å². The number of hydrogen-bond donors (Lipinski definition) is 0. The molecule has 71 heavy (non-hydrogen) atoms. The number of furan rings is 2. The molecule has 4 aromatic heterocycles. The number of thiophene rings is 1. The van der Waals surface area contributed by atoms with E-state index in [-0.39, 0.29) is 16.7 Å². The van der Waals surface area contributed by atoms with Crippen LogP contribution in [-0.4, -0.2) is 11.8 Å². The highest BCUT2D eigenvalue weighted by Gasteiger charge is 2.31. The van der Waals surface area contributed by atoms with Crippen LogP contribution in [0.25, 0.3) is 114 Å². The summed E-state index contributed by atoms with van der Waals surface area (Å²) in [5, 5.41) is 8.30. The SMILES string of the molecule is CC(c1ccc(C(C)(C)C)cc1)c1cc2oc3ccc(C(C)(C)C)cc3c2cc1-c1ccc2c3cc4oc5ccccc5c4cc3n3c2c1Bc1cc2sc(-c4ccccc4)c(-c4ccccc4)c2cc1-3. The number of hydrogen-bond acceptors (Lipinski definition) is 3. The molecule has 0 spiro atoms. The number of rotatable bonds is 5. The Labute approximate surface area is 418 Å². The quantitative estimate of drug-likeness (QED) is 0.161. The molecule has 0 bridgehead atoms. The molecule has 0 fully saturated rings. The zero-order chi connectivity index (χ0) is 48.1. The highest BCUT2D eigenvalue weighted by atomic mass is 32.1. The number of para-hydroxylation sites is 1. The normalized spacial score (nSPS) is 13.3. The Bertz CT molecular complexity index is 4320. The summed E-state index contributed by atoms with van der Waals surface area (Å²) in [7, 11) is 0.791. The van der Waals surface area contributed by atoms with Crippen LogP contribution in [0.3, 0.4) is 0 Å². The van der Waals surface area contributed by atoms with Gasteiger partial charge in [0.15, 0.2) is 7.28 Å². The average Bonchev–Trinajstić information content (AvgIpc) is 4.13. The van der Waals surface area contributed by atoms with Gasteiger partial charge in [0.2, 0.25) is 0 Å². The number of aromatic nitrogens is 1. The van der Waals surface area contributed by atoms with Crippen molar-refractivity contribution in [3.63, 3.8) is 0 Å². The molecule has 0 saturated carbocycles. The third kappa shape index (κ3) is 6.48. The van der Waals surface area contributed by atoms with Gasteiger partial charge in [-0.25, -0.2) is 0 Å². The van der Waals surface area contributed by atoms with Gasteiger partial charge in [0.1, 0.15) is 22.3 Å². The lowest BCUT2D eigenvalue weighted by molar-refractivity contribution is 0.589. The van der Waals surface area contributed by atoms with Crippen LogP contribution in [0.5, 0.6) is 0 Å². The molecule has 14 rings (SSSR count). The Kier molecular flexibility index (Phi) is 9.06.